The molecule has 0 saturated carbocycles. The zero-order chi connectivity index (χ0) is 22.5. The minimum Gasteiger partial charge on any atom is -0.366 e. The molecule has 0 saturated heterocycles. The summed E-state index contributed by atoms with van der Waals surface area (Å²) >= 11 is 12.7. The van der Waals surface area contributed by atoms with Crippen molar-refractivity contribution in [1.29, 1.82) is 0 Å². The van der Waals surface area contributed by atoms with E-state index in [1.807, 2.05) is 13.8 Å². The second kappa shape index (κ2) is 7.81. The second-order valence-corrected chi connectivity index (χ2v) is 9.60. The lowest BCUT2D eigenvalue weighted by atomic mass is 9.69. The van der Waals surface area contributed by atoms with Gasteiger partial charge in [0.15, 0.2) is 5.78 Å². The van der Waals surface area contributed by atoms with Crippen LogP contribution >= 0.6 is 23.2 Å². The summed E-state index contributed by atoms with van der Waals surface area (Å²) in [4.78, 5) is 40.4. The van der Waals surface area contributed by atoms with E-state index in [9.17, 15) is 14.4 Å². The van der Waals surface area contributed by atoms with Gasteiger partial charge in [-0.3, -0.25) is 19.3 Å². The van der Waals surface area contributed by atoms with Gasteiger partial charge in [0.25, 0.3) is 5.91 Å². The van der Waals surface area contributed by atoms with Gasteiger partial charge in [0.2, 0.25) is 5.91 Å². The van der Waals surface area contributed by atoms with Crippen LogP contribution in [-0.2, 0) is 9.59 Å². The van der Waals surface area contributed by atoms with Gasteiger partial charge in [-0.05, 0) is 35.6 Å². The second-order valence-electron chi connectivity index (χ2n) is 8.81. The number of primary amides is 1. The van der Waals surface area contributed by atoms with Crippen molar-refractivity contribution in [1.82, 2.24) is 0 Å². The van der Waals surface area contributed by atoms with Crippen LogP contribution in [0.3, 0.4) is 0 Å². The van der Waals surface area contributed by atoms with Gasteiger partial charge >= 0.3 is 0 Å². The molecule has 0 aromatic heterocycles. The number of ketones is 1. The number of hydrogen-bond donors (Lipinski definition) is 1. The fourth-order valence-corrected chi connectivity index (χ4v) is 5.07. The van der Waals surface area contributed by atoms with E-state index in [0.717, 1.165) is 0 Å². The molecule has 2 aromatic rings. The summed E-state index contributed by atoms with van der Waals surface area (Å²) in [7, 11) is 0. The molecule has 1 atom stereocenters. The number of nitrogens with zero attached hydrogens (tertiary/aromatic N) is 1. The zero-order valence-electron chi connectivity index (χ0n) is 17.2. The van der Waals surface area contributed by atoms with Crippen molar-refractivity contribution in [2.24, 2.45) is 11.1 Å². The van der Waals surface area contributed by atoms with Gasteiger partial charge in [0, 0.05) is 30.0 Å². The third-order valence-electron chi connectivity index (χ3n) is 5.91. The van der Waals surface area contributed by atoms with E-state index in [4.69, 9.17) is 28.9 Å². The van der Waals surface area contributed by atoms with Crippen LogP contribution in [0, 0.1) is 5.41 Å². The van der Waals surface area contributed by atoms with Gasteiger partial charge in [-0.15, -0.1) is 0 Å². The van der Waals surface area contributed by atoms with E-state index in [1.165, 1.54) is 4.90 Å². The number of amides is 2. The Bertz CT molecular complexity index is 1150. The van der Waals surface area contributed by atoms with E-state index >= 15 is 0 Å². The van der Waals surface area contributed by atoms with Crippen LogP contribution in [-0.4, -0.2) is 17.6 Å². The Balaban J connectivity index is 1.97. The summed E-state index contributed by atoms with van der Waals surface area (Å²) in [6.45, 7) is 3.99. The van der Waals surface area contributed by atoms with Crippen LogP contribution in [0.5, 0.6) is 0 Å². The molecule has 2 aromatic carbocycles. The Morgan fingerprint density at radius 2 is 1.77 bits per heavy atom. The maximum atomic E-state index is 13.5. The standard InChI is InChI=1S/C24H22Cl2N2O3/c1-24(2)11-18-21(19(29)12-24)15(13-7-5-8-16(25)22(13)26)10-20(30)28(18)17-9-4-3-6-14(17)23(27)31/h3-9,15H,10-12H2,1-2H3,(H2,27,31). The first-order chi connectivity index (χ1) is 14.6. The van der Waals surface area contributed by atoms with Gasteiger partial charge in [-0.1, -0.05) is 61.3 Å². The van der Waals surface area contributed by atoms with Gasteiger partial charge in [0.1, 0.15) is 0 Å². The number of Topliss-reactive ketones (excluding diaryl/α,β-unsaturated/α-hetero) is 1. The van der Waals surface area contributed by atoms with Crippen LogP contribution in [0.1, 0.15) is 54.9 Å². The Kier molecular flexibility index (Phi) is 5.44. The molecule has 0 bridgehead atoms. The SMILES string of the molecule is CC1(C)CC(=O)C2=C(C1)N(c1ccccc1C(N)=O)C(=O)CC2c1cccc(Cl)c1Cl. The molecule has 0 fully saturated rings. The molecule has 7 heteroatoms. The number of allylic oxidation sites excluding steroid dienone is 2. The fourth-order valence-electron chi connectivity index (χ4n) is 4.63. The molecule has 0 radical (unpaired) electrons. The normalized spacial score (nSPS) is 20.6. The monoisotopic (exact) mass is 456 g/mol. The minimum atomic E-state index is -0.632. The molecule has 0 spiro atoms. The smallest absolute Gasteiger partial charge is 0.250 e. The van der Waals surface area contributed by atoms with E-state index in [0.29, 0.717) is 45.4 Å². The molecule has 5 nitrogen and oxygen atoms in total. The highest BCUT2D eigenvalue weighted by atomic mass is 35.5. The molecule has 1 heterocycles. The third kappa shape index (κ3) is 3.77. The largest absolute Gasteiger partial charge is 0.366 e. The molecule has 1 aliphatic carbocycles. The van der Waals surface area contributed by atoms with Crippen LogP contribution < -0.4 is 10.6 Å². The number of halogens is 2. The maximum absolute atomic E-state index is 13.5. The molecular formula is C24H22Cl2N2O3. The molecular weight excluding hydrogens is 435 g/mol. The summed E-state index contributed by atoms with van der Waals surface area (Å²) in [5.41, 5.74) is 7.69. The summed E-state index contributed by atoms with van der Waals surface area (Å²) in [6.07, 6.45) is 0.903. The van der Waals surface area contributed by atoms with Gasteiger partial charge < -0.3 is 5.73 Å². The Hall–Kier alpha value is -2.63. The van der Waals surface area contributed by atoms with Crippen LogP contribution in [0.15, 0.2) is 53.7 Å². The molecule has 1 unspecified atom stereocenters. The van der Waals surface area contributed by atoms with Gasteiger partial charge in [-0.2, -0.15) is 0 Å². The number of nitrogens with two attached hydrogens (primary N) is 1. The average molecular weight is 457 g/mol. The van der Waals surface area contributed by atoms with Gasteiger partial charge in [0.05, 0.1) is 21.3 Å². The zero-order valence-corrected chi connectivity index (χ0v) is 18.8. The molecule has 2 aliphatic rings. The molecule has 160 valence electrons. The minimum absolute atomic E-state index is 0.0265. The first-order valence-corrected chi connectivity index (χ1v) is 10.8. The molecule has 4 rings (SSSR count). The van der Waals surface area contributed by atoms with Crippen LogP contribution in [0.2, 0.25) is 10.0 Å². The summed E-state index contributed by atoms with van der Waals surface area (Å²) in [5, 5.41) is 0.719. The summed E-state index contributed by atoms with van der Waals surface area (Å²) in [6, 6.07) is 11.9. The molecule has 2 amide bonds. The van der Waals surface area contributed by atoms with E-state index in [2.05, 4.69) is 0 Å². The number of hydrogen-bond acceptors (Lipinski definition) is 3. The van der Waals surface area contributed by atoms with Crippen molar-refractivity contribution in [3.05, 3.63) is 74.9 Å². The summed E-state index contributed by atoms with van der Waals surface area (Å²) in [5.74, 6) is -1.37. The first kappa shape index (κ1) is 21.6. The number of anilines is 1. The lowest BCUT2D eigenvalue weighted by Crippen LogP contribution is -2.44. The van der Waals surface area contributed by atoms with E-state index in [1.54, 1.807) is 42.5 Å². The highest BCUT2D eigenvalue weighted by molar-refractivity contribution is 6.42. The Morgan fingerprint density at radius 1 is 1.06 bits per heavy atom. The Labute approximate surface area is 190 Å². The van der Waals surface area contributed by atoms with Crippen LogP contribution in [0.4, 0.5) is 5.69 Å². The van der Waals surface area contributed by atoms with E-state index < -0.39 is 11.8 Å². The number of benzene rings is 2. The van der Waals surface area contributed by atoms with Crippen LogP contribution in [0.25, 0.3) is 0 Å². The topological polar surface area (TPSA) is 80.5 Å². The van der Waals surface area contributed by atoms with Gasteiger partial charge in [-0.25, -0.2) is 0 Å². The predicted octanol–water partition coefficient (Wildman–Crippen LogP) is 5.26. The number of carbonyl (C=O) groups is 3. The molecule has 31 heavy (non-hydrogen) atoms. The highest BCUT2D eigenvalue weighted by Crippen LogP contribution is 2.50. The maximum Gasteiger partial charge on any atom is 0.250 e. The number of para-hydroxylation sites is 1. The first-order valence-electron chi connectivity index (χ1n) is 10.0. The molecule has 2 N–H and O–H groups in total. The third-order valence-corrected chi connectivity index (χ3v) is 6.74. The fraction of sp³-hybridized carbons (Fsp3) is 0.292. The van der Waals surface area contributed by atoms with E-state index in [-0.39, 0.29) is 29.1 Å². The molecule has 1 aliphatic heterocycles. The average Bonchev–Trinajstić information content (AvgIpc) is 2.68. The van der Waals surface area contributed by atoms with Crippen molar-refractivity contribution in [3.63, 3.8) is 0 Å². The number of carbonyl (C=O) groups excluding carboxylic acids is 3. The highest BCUT2D eigenvalue weighted by Gasteiger charge is 2.45. The van der Waals surface area contributed by atoms with Crippen molar-refractivity contribution in [2.75, 3.05) is 4.90 Å². The van der Waals surface area contributed by atoms with Crippen molar-refractivity contribution < 1.29 is 14.4 Å². The quantitative estimate of drug-likeness (QED) is 0.683. The lowest BCUT2D eigenvalue weighted by molar-refractivity contribution is -0.121. The summed E-state index contributed by atoms with van der Waals surface area (Å²) < 4.78 is 0. The van der Waals surface area contributed by atoms with Crippen molar-refractivity contribution >= 4 is 46.5 Å². The van der Waals surface area contributed by atoms with Crippen molar-refractivity contribution in [2.45, 2.75) is 39.0 Å². The lowest BCUT2D eigenvalue weighted by Gasteiger charge is -2.43. The Morgan fingerprint density at radius 3 is 2.48 bits per heavy atom. The predicted molar refractivity (Wildman–Crippen MR) is 121 cm³/mol. The number of rotatable bonds is 3. The van der Waals surface area contributed by atoms with Crippen molar-refractivity contribution in [3.8, 4) is 0 Å².